The van der Waals surface area contributed by atoms with Gasteiger partial charge in [0, 0.05) is 24.4 Å². The summed E-state index contributed by atoms with van der Waals surface area (Å²) in [6, 6.07) is 3.70. The number of hydrogen-bond donors (Lipinski definition) is 2. The van der Waals surface area contributed by atoms with Crippen LogP contribution >= 0.6 is 0 Å². The number of carbonyl (C=O) groups is 1. The van der Waals surface area contributed by atoms with Crippen molar-refractivity contribution in [2.75, 3.05) is 19.0 Å². The second-order valence-electron chi connectivity index (χ2n) is 3.61. The number of ether oxygens (including phenoxy) is 1. The number of halogens is 1. The number of carbonyl (C=O) groups excluding carboxylic acids is 1. The fraction of sp³-hybridized carbons (Fsp3) is 0.417. The molecule has 1 rings (SSSR count). The molecule has 2 amide bonds. The maximum atomic E-state index is 13.1. The van der Waals surface area contributed by atoms with Crippen molar-refractivity contribution in [1.82, 2.24) is 5.32 Å². The number of methoxy groups -OCH3 is 1. The van der Waals surface area contributed by atoms with Gasteiger partial charge in [0.2, 0.25) is 0 Å². The number of unbranched alkanes of at least 4 members (excludes halogenated alkanes) is 1. The third-order valence-electron chi connectivity index (χ3n) is 2.18. The van der Waals surface area contributed by atoms with Crippen LogP contribution in [0.1, 0.15) is 19.8 Å². The standard InChI is InChI=1S/C12H17FN2O2/c1-3-4-5-14-12(16)15-10-6-9(13)7-11(8-10)17-2/h6-8H,3-5H2,1-2H3,(H2,14,15,16). The van der Waals surface area contributed by atoms with Crippen LogP contribution in [0.15, 0.2) is 18.2 Å². The first-order chi connectivity index (χ1) is 8.15. The van der Waals surface area contributed by atoms with Crippen LogP contribution in [0.3, 0.4) is 0 Å². The lowest BCUT2D eigenvalue weighted by Gasteiger charge is -2.08. The van der Waals surface area contributed by atoms with Gasteiger partial charge in [-0.15, -0.1) is 0 Å². The Morgan fingerprint density at radius 2 is 2.18 bits per heavy atom. The lowest BCUT2D eigenvalue weighted by atomic mass is 10.3. The van der Waals surface area contributed by atoms with Crippen molar-refractivity contribution in [3.05, 3.63) is 24.0 Å². The van der Waals surface area contributed by atoms with Crippen LogP contribution in [0.5, 0.6) is 5.75 Å². The third-order valence-corrected chi connectivity index (χ3v) is 2.18. The number of nitrogens with one attached hydrogen (secondary N) is 2. The summed E-state index contributed by atoms with van der Waals surface area (Å²) >= 11 is 0. The lowest BCUT2D eigenvalue weighted by Crippen LogP contribution is -2.29. The van der Waals surface area contributed by atoms with E-state index in [4.69, 9.17) is 4.74 Å². The minimum atomic E-state index is -0.451. The van der Waals surface area contributed by atoms with E-state index < -0.39 is 5.82 Å². The molecule has 1 aromatic carbocycles. The van der Waals surface area contributed by atoms with E-state index in [0.29, 0.717) is 18.0 Å². The Kier molecular flexibility index (Phi) is 5.26. The molecule has 0 saturated heterocycles. The molecule has 0 aliphatic carbocycles. The van der Waals surface area contributed by atoms with Gasteiger partial charge in [-0.1, -0.05) is 13.3 Å². The molecule has 0 heterocycles. The van der Waals surface area contributed by atoms with Gasteiger partial charge in [0.15, 0.2) is 0 Å². The van der Waals surface area contributed by atoms with Gasteiger partial charge in [-0.2, -0.15) is 0 Å². The van der Waals surface area contributed by atoms with Crippen LogP contribution in [-0.2, 0) is 0 Å². The molecule has 0 unspecified atom stereocenters. The summed E-state index contributed by atoms with van der Waals surface area (Å²) in [4.78, 5) is 11.4. The molecule has 0 fully saturated rings. The Morgan fingerprint density at radius 3 is 2.82 bits per heavy atom. The highest BCUT2D eigenvalue weighted by atomic mass is 19.1. The van der Waals surface area contributed by atoms with E-state index in [0.717, 1.165) is 12.8 Å². The van der Waals surface area contributed by atoms with Gasteiger partial charge < -0.3 is 15.4 Å². The molecule has 0 bridgehead atoms. The summed E-state index contributed by atoms with van der Waals surface area (Å²) in [5, 5.41) is 5.22. The Hall–Kier alpha value is -1.78. The van der Waals surface area contributed by atoms with E-state index in [1.807, 2.05) is 6.92 Å². The van der Waals surface area contributed by atoms with Crippen molar-refractivity contribution in [3.8, 4) is 5.75 Å². The summed E-state index contributed by atoms with van der Waals surface area (Å²) in [5.74, 6) is -0.0814. The molecule has 1 aromatic rings. The molecular weight excluding hydrogens is 223 g/mol. The normalized spacial score (nSPS) is 9.82. The van der Waals surface area contributed by atoms with Gasteiger partial charge in [0.1, 0.15) is 11.6 Å². The van der Waals surface area contributed by atoms with E-state index in [1.54, 1.807) is 6.07 Å². The van der Waals surface area contributed by atoms with Crippen molar-refractivity contribution in [3.63, 3.8) is 0 Å². The van der Waals surface area contributed by atoms with Gasteiger partial charge in [0.25, 0.3) is 0 Å². The first kappa shape index (κ1) is 13.3. The molecule has 2 N–H and O–H groups in total. The smallest absolute Gasteiger partial charge is 0.319 e. The van der Waals surface area contributed by atoms with Crippen molar-refractivity contribution < 1.29 is 13.9 Å². The number of amides is 2. The van der Waals surface area contributed by atoms with Gasteiger partial charge in [-0.05, 0) is 12.5 Å². The van der Waals surface area contributed by atoms with Crippen molar-refractivity contribution in [2.45, 2.75) is 19.8 Å². The third kappa shape index (κ3) is 4.72. The average molecular weight is 240 g/mol. The highest BCUT2D eigenvalue weighted by Crippen LogP contribution is 2.19. The molecule has 0 radical (unpaired) electrons. The number of hydrogen-bond acceptors (Lipinski definition) is 2. The van der Waals surface area contributed by atoms with Crippen LogP contribution in [0, 0.1) is 5.82 Å². The molecule has 0 spiro atoms. The monoisotopic (exact) mass is 240 g/mol. The number of anilines is 1. The summed E-state index contributed by atoms with van der Waals surface area (Å²) in [6.07, 6.45) is 1.92. The van der Waals surface area contributed by atoms with Crippen LogP contribution in [0.2, 0.25) is 0 Å². The fourth-order valence-electron chi connectivity index (χ4n) is 1.31. The predicted octanol–water partition coefficient (Wildman–Crippen LogP) is 2.76. The Labute approximate surface area is 100 Å². The quantitative estimate of drug-likeness (QED) is 0.777. The van der Waals surface area contributed by atoms with Crippen LogP contribution < -0.4 is 15.4 Å². The molecule has 0 saturated carbocycles. The second-order valence-corrected chi connectivity index (χ2v) is 3.61. The first-order valence-corrected chi connectivity index (χ1v) is 5.55. The van der Waals surface area contributed by atoms with Gasteiger partial charge in [0.05, 0.1) is 7.11 Å². The first-order valence-electron chi connectivity index (χ1n) is 5.55. The van der Waals surface area contributed by atoms with Gasteiger partial charge >= 0.3 is 6.03 Å². The number of benzene rings is 1. The predicted molar refractivity (Wildman–Crippen MR) is 64.9 cm³/mol. The molecule has 94 valence electrons. The minimum Gasteiger partial charge on any atom is -0.497 e. The Bertz CT molecular complexity index is 383. The molecule has 0 atom stereocenters. The topological polar surface area (TPSA) is 50.4 Å². The van der Waals surface area contributed by atoms with E-state index in [2.05, 4.69) is 10.6 Å². The maximum absolute atomic E-state index is 13.1. The average Bonchev–Trinajstić information content (AvgIpc) is 2.28. The van der Waals surface area contributed by atoms with E-state index >= 15 is 0 Å². The summed E-state index contributed by atoms with van der Waals surface area (Å²) in [7, 11) is 1.44. The molecule has 5 heteroatoms. The summed E-state index contributed by atoms with van der Waals surface area (Å²) in [6.45, 7) is 2.64. The van der Waals surface area contributed by atoms with E-state index in [1.165, 1.54) is 19.2 Å². The van der Waals surface area contributed by atoms with Crippen LogP contribution in [0.4, 0.5) is 14.9 Å². The Morgan fingerprint density at radius 1 is 1.41 bits per heavy atom. The molecule has 4 nitrogen and oxygen atoms in total. The summed E-state index contributed by atoms with van der Waals surface area (Å²) in [5.41, 5.74) is 0.371. The summed E-state index contributed by atoms with van der Waals surface area (Å²) < 4.78 is 18.0. The van der Waals surface area contributed by atoms with Crippen molar-refractivity contribution in [2.24, 2.45) is 0 Å². The van der Waals surface area contributed by atoms with Gasteiger partial charge in [-0.25, -0.2) is 9.18 Å². The lowest BCUT2D eigenvalue weighted by molar-refractivity contribution is 0.252. The SMILES string of the molecule is CCCCNC(=O)Nc1cc(F)cc(OC)c1. The van der Waals surface area contributed by atoms with Crippen molar-refractivity contribution in [1.29, 1.82) is 0 Å². The second kappa shape index (κ2) is 6.73. The zero-order chi connectivity index (χ0) is 12.7. The van der Waals surface area contributed by atoms with E-state index in [9.17, 15) is 9.18 Å². The number of urea groups is 1. The molecule has 0 aromatic heterocycles. The van der Waals surface area contributed by atoms with Crippen molar-refractivity contribution >= 4 is 11.7 Å². The highest BCUT2D eigenvalue weighted by molar-refractivity contribution is 5.89. The molecule has 17 heavy (non-hydrogen) atoms. The van der Waals surface area contributed by atoms with Crippen LogP contribution in [0.25, 0.3) is 0 Å². The fourth-order valence-corrected chi connectivity index (χ4v) is 1.31. The highest BCUT2D eigenvalue weighted by Gasteiger charge is 2.04. The van der Waals surface area contributed by atoms with Gasteiger partial charge in [-0.3, -0.25) is 0 Å². The molecule has 0 aliphatic heterocycles. The maximum Gasteiger partial charge on any atom is 0.319 e. The van der Waals surface area contributed by atoms with E-state index in [-0.39, 0.29) is 6.03 Å². The van der Waals surface area contributed by atoms with Crippen LogP contribution in [-0.4, -0.2) is 19.7 Å². The largest absolute Gasteiger partial charge is 0.497 e. The molecular formula is C12H17FN2O2. The zero-order valence-electron chi connectivity index (χ0n) is 10.0. The number of rotatable bonds is 5. The zero-order valence-corrected chi connectivity index (χ0v) is 10.0. The Balaban J connectivity index is 2.55. The minimum absolute atomic E-state index is 0.342. The molecule has 0 aliphatic rings.